The zero-order valence-electron chi connectivity index (χ0n) is 11.1. The van der Waals surface area contributed by atoms with Crippen LogP contribution in [0.2, 0.25) is 0 Å². The van der Waals surface area contributed by atoms with Gasteiger partial charge in [0.1, 0.15) is 0 Å². The number of nitrogens with two attached hydrogens (primary N) is 1. The molecule has 98 valence electrons. The molecule has 0 bridgehead atoms. The molecule has 3 rings (SSSR count). The molecule has 0 aliphatic carbocycles. The zero-order chi connectivity index (χ0) is 13.1. The molecular weight excluding hydrogens is 232 g/mol. The Morgan fingerprint density at radius 3 is 2.26 bits per heavy atom. The summed E-state index contributed by atoms with van der Waals surface area (Å²) in [6, 6.07) is 21.1. The number of nitrogens with zero attached hydrogens (tertiary/aromatic N) is 1. The second kappa shape index (κ2) is 5.16. The second-order valence-corrected chi connectivity index (χ2v) is 5.47. The first-order valence-electron chi connectivity index (χ1n) is 6.87. The van der Waals surface area contributed by atoms with Gasteiger partial charge in [-0.05, 0) is 17.5 Å². The van der Waals surface area contributed by atoms with Gasteiger partial charge in [0.05, 0.1) is 5.54 Å². The number of hydrogen-bond acceptors (Lipinski definition) is 2. The van der Waals surface area contributed by atoms with Crippen LogP contribution in [0.15, 0.2) is 60.7 Å². The van der Waals surface area contributed by atoms with Crippen LogP contribution in [-0.4, -0.2) is 18.0 Å². The van der Waals surface area contributed by atoms with Crippen molar-refractivity contribution in [2.45, 2.75) is 18.5 Å². The Bertz CT molecular complexity index is 523. The average molecular weight is 252 g/mol. The lowest BCUT2D eigenvalue weighted by Crippen LogP contribution is -2.39. The van der Waals surface area contributed by atoms with E-state index in [1.54, 1.807) is 0 Å². The van der Waals surface area contributed by atoms with Crippen LogP contribution in [0, 0.1) is 0 Å². The molecule has 2 heteroatoms. The number of likely N-dealkylation sites (tertiary alicyclic amines) is 1. The van der Waals surface area contributed by atoms with E-state index in [9.17, 15) is 0 Å². The normalized spacial score (nSPS) is 23.6. The summed E-state index contributed by atoms with van der Waals surface area (Å²) in [4.78, 5) is 2.45. The lowest BCUT2D eigenvalue weighted by Gasteiger charge is -2.25. The highest BCUT2D eigenvalue weighted by Gasteiger charge is 2.35. The van der Waals surface area contributed by atoms with Crippen molar-refractivity contribution in [3.05, 3.63) is 71.8 Å². The van der Waals surface area contributed by atoms with Gasteiger partial charge in [-0.1, -0.05) is 60.7 Å². The highest BCUT2D eigenvalue weighted by molar-refractivity contribution is 5.26. The number of benzene rings is 2. The molecule has 2 aromatic rings. The monoisotopic (exact) mass is 252 g/mol. The molecule has 2 N–H and O–H groups in total. The summed E-state index contributed by atoms with van der Waals surface area (Å²) in [5.74, 6) is 0. The minimum Gasteiger partial charge on any atom is -0.320 e. The maximum Gasteiger partial charge on any atom is 0.0550 e. The molecule has 0 aromatic heterocycles. The standard InChI is InChI=1S/C17H20N2/c18-17(16-9-5-2-6-10-16)11-12-19(14-17)13-15-7-3-1-4-8-15/h1-10H,11-14,18H2/t17-/m1/s1. The van der Waals surface area contributed by atoms with E-state index in [1.807, 2.05) is 6.07 Å². The fourth-order valence-corrected chi connectivity index (χ4v) is 2.90. The van der Waals surface area contributed by atoms with Crippen molar-refractivity contribution in [2.24, 2.45) is 5.73 Å². The first kappa shape index (κ1) is 12.4. The van der Waals surface area contributed by atoms with Crippen molar-refractivity contribution in [2.75, 3.05) is 13.1 Å². The summed E-state index contributed by atoms with van der Waals surface area (Å²) in [5, 5.41) is 0. The van der Waals surface area contributed by atoms with E-state index in [2.05, 4.69) is 59.5 Å². The lowest BCUT2D eigenvalue weighted by molar-refractivity contribution is 0.305. The second-order valence-electron chi connectivity index (χ2n) is 5.47. The molecule has 1 aliphatic rings. The third-order valence-electron chi connectivity index (χ3n) is 3.98. The van der Waals surface area contributed by atoms with Crippen LogP contribution in [0.4, 0.5) is 0 Å². The minimum atomic E-state index is -0.184. The Kier molecular flexibility index (Phi) is 3.36. The Labute approximate surface area is 114 Å². The van der Waals surface area contributed by atoms with E-state index in [0.717, 1.165) is 26.1 Å². The van der Waals surface area contributed by atoms with Gasteiger partial charge in [0.25, 0.3) is 0 Å². The van der Waals surface area contributed by atoms with Crippen LogP contribution in [0.5, 0.6) is 0 Å². The maximum absolute atomic E-state index is 6.58. The zero-order valence-corrected chi connectivity index (χ0v) is 11.1. The first-order chi connectivity index (χ1) is 9.26. The van der Waals surface area contributed by atoms with Gasteiger partial charge in [-0.25, -0.2) is 0 Å². The smallest absolute Gasteiger partial charge is 0.0550 e. The molecule has 19 heavy (non-hydrogen) atoms. The molecule has 1 fully saturated rings. The molecule has 0 amide bonds. The van der Waals surface area contributed by atoms with Gasteiger partial charge in [-0.15, -0.1) is 0 Å². The van der Waals surface area contributed by atoms with Crippen molar-refractivity contribution in [1.29, 1.82) is 0 Å². The van der Waals surface area contributed by atoms with E-state index in [4.69, 9.17) is 5.73 Å². The Hall–Kier alpha value is -1.64. The summed E-state index contributed by atoms with van der Waals surface area (Å²) in [6.07, 6.45) is 1.03. The van der Waals surface area contributed by atoms with Crippen LogP contribution < -0.4 is 5.73 Å². The Morgan fingerprint density at radius 1 is 0.947 bits per heavy atom. The summed E-state index contributed by atoms with van der Waals surface area (Å²) in [7, 11) is 0. The molecule has 1 atom stereocenters. The first-order valence-corrected chi connectivity index (χ1v) is 6.87. The van der Waals surface area contributed by atoms with E-state index >= 15 is 0 Å². The molecule has 0 saturated carbocycles. The van der Waals surface area contributed by atoms with Gasteiger partial charge in [0.15, 0.2) is 0 Å². The minimum absolute atomic E-state index is 0.184. The molecule has 0 unspecified atom stereocenters. The predicted octanol–water partition coefficient (Wildman–Crippen LogP) is 2.75. The van der Waals surface area contributed by atoms with Crippen molar-refractivity contribution in [3.63, 3.8) is 0 Å². The lowest BCUT2D eigenvalue weighted by atomic mass is 9.90. The third kappa shape index (κ3) is 2.70. The number of rotatable bonds is 3. The van der Waals surface area contributed by atoms with Crippen LogP contribution >= 0.6 is 0 Å². The third-order valence-corrected chi connectivity index (χ3v) is 3.98. The Balaban J connectivity index is 1.70. The molecule has 0 spiro atoms. The summed E-state index contributed by atoms with van der Waals surface area (Å²) in [5.41, 5.74) is 9.01. The van der Waals surface area contributed by atoms with E-state index in [1.165, 1.54) is 11.1 Å². The van der Waals surface area contributed by atoms with Gasteiger partial charge < -0.3 is 5.73 Å². The molecule has 1 aliphatic heterocycles. The number of hydrogen-bond donors (Lipinski definition) is 1. The van der Waals surface area contributed by atoms with E-state index in [0.29, 0.717) is 0 Å². The summed E-state index contributed by atoms with van der Waals surface area (Å²) in [6.45, 7) is 3.00. The van der Waals surface area contributed by atoms with Crippen molar-refractivity contribution >= 4 is 0 Å². The average Bonchev–Trinajstić information content (AvgIpc) is 2.84. The van der Waals surface area contributed by atoms with Gasteiger partial charge in [0.2, 0.25) is 0 Å². The fraction of sp³-hybridized carbons (Fsp3) is 0.294. The van der Waals surface area contributed by atoms with Crippen LogP contribution in [0.25, 0.3) is 0 Å². The van der Waals surface area contributed by atoms with Gasteiger partial charge in [-0.3, -0.25) is 4.90 Å². The fourth-order valence-electron chi connectivity index (χ4n) is 2.90. The van der Waals surface area contributed by atoms with Crippen molar-refractivity contribution < 1.29 is 0 Å². The largest absolute Gasteiger partial charge is 0.320 e. The van der Waals surface area contributed by atoms with Gasteiger partial charge >= 0.3 is 0 Å². The summed E-state index contributed by atoms with van der Waals surface area (Å²) >= 11 is 0. The van der Waals surface area contributed by atoms with E-state index in [-0.39, 0.29) is 5.54 Å². The molecule has 2 nitrogen and oxygen atoms in total. The maximum atomic E-state index is 6.58. The van der Waals surface area contributed by atoms with Crippen molar-refractivity contribution in [3.8, 4) is 0 Å². The van der Waals surface area contributed by atoms with Crippen LogP contribution in [0.3, 0.4) is 0 Å². The quantitative estimate of drug-likeness (QED) is 0.910. The highest BCUT2D eigenvalue weighted by atomic mass is 15.2. The molecular formula is C17H20N2. The SMILES string of the molecule is N[C@]1(c2ccccc2)CCN(Cc2ccccc2)C1. The van der Waals surface area contributed by atoms with Gasteiger partial charge in [0, 0.05) is 19.6 Å². The summed E-state index contributed by atoms with van der Waals surface area (Å²) < 4.78 is 0. The van der Waals surface area contributed by atoms with Gasteiger partial charge in [-0.2, -0.15) is 0 Å². The van der Waals surface area contributed by atoms with Crippen LogP contribution in [-0.2, 0) is 12.1 Å². The molecule has 1 saturated heterocycles. The predicted molar refractivity (Wildman–Crippen MR) is 78.6 cm³/mol. The van der Waals surface area contributed by atoms with E-state index < -0.39 is 0 Å². The van der Waals surface area contributed by atoms with Crippen LogP contribution in [0.1, 0.15) is 17.5 Å². The van der Waals surface area contributed by atoms with Crippen molar-refractivity contribution in [1.82, 2.24) is 4.90 Å². The molecule has 0 radical (unpaired) electrons. The topological polar surface area (TPSA) is 29.3 Å². The Morgan fingerprint density at radius 2 is 1.58 bits per heavy atom. The molecule has 1 heterocycles. The molecule has 2 aromatic carbocycles. The highest BCUT2D eigenvalue weighted by Crippen LogP contribution is 2.30.